The highest BCUT2D eigenvalue weighted by atomic mass is 35.5. The van der Waals surface area contributed by atoms with Gasteiger partial charge in [0.2, 0.25) is 0 Å². The molecule has 1 saturated carbocycles. The molecule has 0 amide bonds. The number of pyridine rings is 1. The highest BCUT2D eigenvalue weighted by molar-refractivity contribution is 6.31. The van der Waals surface area contributed by atoms with E-state index in [1.54, 1.807) is 0 Å². The first kappa shape index (κ1) is 21.2. The second-order valence-electron chi connectivity index (χ2n) is 7.24. The summed E-state index contributed by atoms with van der Waals surface area (Å²) in [5.41, 5.74) is -0.567. The van der Waals surface area contributed by atoms with Crippen LogP contribution in [0.5, 0.6) is 0 Å². The van der Waals surface area contributed by atoms with Crippen molar-refractivity contribution in [2.45, 2.75) is 31.4 Å². The predicted octanol–water partition coefficient (Wildman–Crippen LogP) is 3.27. The van der Waals surface area contributed by atoms with Crippen LogP contribution in [0.3, 0.4) is 0 Å². The van der Waals surface area contributed by atoms with Gasteiger partial charge in [0.05, 0.1) is 39.7 Å². The number of halogens is 3. The number of aliphatic hydroxyl groups excluding tert-OH is 1. The second-order valence-corrected chi connectivity index (χ2v) is 8.08. The molecule has 1 aliphatic carbocycles. The van der Waals surface area contributed by atoms with Crippen molar-refractivity contribution in [3.05, 3.63) is 79.1 Å². The lowest BCUT2D eigenvalue weighted by Crippen LogP contribution is -2.44. The van der Waals surface area contributed by atoms with Gasteiger partial charge >= 0.3 is 5.69 Å². The molecule has 0 saturated heterocycles. The number of benzene rings is 1. The minimum atomic E-state index is -0.732. The standard InChI is InChI=1S/C21H15Cl2FN4O3/c22-13-8-14(10-26-9-13)28-20(30)18(11-1-2-17(24)16(23)7-11)19(12-5-15(29)6-12)27(4-3-25)21(28)31/h1-2,7-10,12,15,29H,4-6H2. The normalized spacial score (nSPS) is 17.8. The predicted molar refractivity (Wildman–Crippen MR) is 113 cm³/mol. The van der Waals surface area contributed by atoms with Crippen LogP contribution in [0.15, 0.2) is 46.2 Å². The molecule has 3 aromatic rings. The van der Waals surface area contributed by atoms with Gasteiger partial charge in [-0.15, -0.1) is 0 Å². The molecule has 4 rings (SSSR count). The van der Waals surface area contributed by atoms with E-state index in [1.165, 1.54) is 35.2 Å². The maximum Gasteiger partial charge on any atom is 0.336 e. The summed E-state index contributed by atoms with van der Waals surface area (Å²) in [6, 6.07) is 7.16. The summed E-state index contributed by atoms with van der Waals surface area (Å²) < 4.78 is 15.9. The zero-order valence-electron chi connectivity index (χ0n) is 15.9. The fraction of sp³-hybridized carbons (Fsp3) is 0.238. The number of hydrogen-bond acceptors (Lipinski definition) is 5. The largest absolute Gasteiger partial charge is 0.393 e. The zero-order chi connectivity index (χ0) is 22.3. The van der Waals surface area contributed by atoms with Gasteiger partial charge in [-0.1, -0.05) is 29.3 Å². The van der Waals surface area contributed by atoms with Gasteiger partial charge in [-0.25, -0.2) is 13.8 Å². The van der Waals surface area contributed by atoms with Gasteiger partial charge in [-0.3, -0.25) is 14.3 Å². The van der Waals surface area contributed by atoms with Crippen LogP contribution in [-0.2, 0) is 6.54 Å². The minimum Gasteiger partial charge on any atom is -0.393 e. The first-order chi connectivity index (χ1) is 14.8. The lowest BCUT2D eigenvalue weighted by molar-refractivity contribution is 0.0718. The summed E-state index contributed by atoms with van der Waals surface area (Å²) >= 11 is 12.0. The summed E-state index contributed by atoms with van der Waals surface area (Å²) in [4.78, 5) is 30.8. The van der Waals surface area contributed by atoms with E-state index in [0.717, 1.165) is 10.6 Å². The molecule has 1 aromatic carbocycles. The summed E-state index contributed by atoms with van der Waals surface area (Å²) in [7, 11) is 0. The van der Waals surface area contributed by atoms with Crippen LogP contribution >= 0.6 is 23.2 Å². The van der Waals surface area contributed by atoms with E-state index in [4.69, 9.17) is 23.2 Å². The summed E-state index contributed by atoms with van der Waals surface area (Å²) in [5, 5.41) is 19.2. The summed E-state index contributed by atoms with van der Waals surface area (Å²) in [6.07, 6.45) is 2.75. The molecule has 0 bridgehead atoms. The fourth-order valence-corrected chi connectivity index (χ4v) is 4.15. The van der Waals surface area contributed by atoms with Crippen LogP contribution in [0.1, 0.15) is 24.5 Å². The molecule has 10 heteroatoms. The Bertz CT molecular complexity index is 1340. The van der Waals surface area contributed by atoms with Crippen LogP contribution < -0.4 is 11.2 Å². The van der Waals surface area contributed by atoms with Crippen molar-refractivity contribution < 1.29 is 9.50 Å². The SMILES string of the molecule is N#CCn1c(C2CC(O)C2)c(-c2ccc(F)c(Cl)c2)c(=O)n(-c2cncc(Cl)c2)c1=O. The number of rotatable bonds is 4. The van der Waals surface area contributed by atoms with Crippen molar-refractivity contribution in [3.8, 4) is 22.9 Å². The van der Waals surface area contributed by atoms with Crippen LogP contribution in [0.25, 0.3) is 16.8 Å². The lowest BCUT2D eigenvalue weighted by atomic mass is 9.77. The van der Waals surface area contributed by atoms with E-state index in [9.17, 15) is 24.3 Å². The Morgan fingerprint density at radius 1 is 1.23 bits per heavy atom. The van der Waals surface area contributed by atoms with Gasteiger partial charge in [0.1, 0.15) is 12.4 Å². The Morgan fingerprint density at radius 2 is 1.97 bits per heavy atom. The fourth-order valence-electron chi connectivity index (χ4n) is 3.80. The molecule has 0 atom stereocenters. The Balaban J connectivity index is 2.12. The van der Waals surface area contributed by atoms with E-state index >= 15 is 0 Å². The average Bonchev–Trinajstić information content (AvgIpc) is 2.70. The molecule has 0 aliphatic heterocycles. The molecule has 1 N–H and O–H groups in total. The molecular weight excluding hydrogens is 446 g/mol. The lowest BCUT2D eigenvalue weighted by Gasteiger charge is -2.34. The number of aromatic nitrogens is 3. The third-order valence-corrected chi connectivity index (χ3v) is 5.77. The van der Waals surface area contributed by atoms with Crippen LogP contribution in [0.2, 0.25) is 10.0 Å². The Labute approximate surface area is 185 Å². The van der Waals surface area contributed by atoms with E-state index in [2.05, 4.69) is 4.98 Å². The van der Waals surface area contributed by atoms with Gasteiger partial charge in [-0.2, -0.15) is 5.26 Å². The van der Waals surface area contributed by atoms with Gasteiger partial charge in [0.25, 0.3) is 5.56 Å². The van der Waals surface area contributed by atoms with Crippen LogP contribution in [0, 0.1) is 17.1 Å². The number of nitrogens with zero attached hydrogens (tertiary/aromatic N) is 4. The van der Waals surface area contributed by atoms with Crippen molar-refractivity contribution in [2.24, 2.45) is 0 Å². The summed E-state index contributed by atoms with van der Waals surface area (Å²) in [6.45, 7) is -0.322. The third kappa shape index (κ3) is 3.76. The van der Waals surface area contributed by atoms with Gasteiger partial charge in [0.15, 0.2) is 0 Å². The third-order valence-electron chi connectivity index (χ3n) is 5.27. The first-order valence-corrected chi connectivity index (χ1v) is 10.1. The van der Waals surface area contributed by atoms with Gasteiger partial charge in [-0.05, 0) is 36.6 Å². The quantitative estimate of drug-likeness (QED) is 0.643. The Morgan fingerprint density at radius 3 is 2.58 bits per heavy atom. The van der Waals surface area contributed by atoms with Crippen LogP contribution in [0.4, 0.5) is 4.39 Å². The smallest absolute Gasteiger partial charge is 0.336 e. The van der Waals surface area contributed by atoms with E-state index in [0.29, 0.717) is 24.1 Å². The Hall–Kier alpha value is -2.99. The number of nitriles is 1. The monoisotopic (exact) mass is 460 g/mol. The van der Waals surface area contributed by atoms with Gasteiger partial charge < -0.3 is 5.11 Å². The molecule has 0 spiro atoms. The molecule has 2 heterocycles. The van der Waals surface area contributed by atoms with Crippen molar-refractivity contribution in [1.82, 2.24) is 14.1 Å². The topological polar surface area (TPSA) is 101 Å². The zero-order valence-corrected chi connectivity index (χ0v) is 17.4. The van der Waals surface area contributed by atoms with E-state index < -0.39 is 23.2 Å². The molecule has 158 valence electrons. The maximum absolute atomic E-state index is 13.8. The average molecular weight is 461 g/mol. The van der Waals surface area contributed by atoms with Crippen molar-refractivity contribution in [2.75, 3.05) is 0 Å². The molecule has 0 unspecified atom stereocenters. The minimum absolute atomic E-state index is 0.105. The molecule has 7 nitrogen and oxygen atoms in total. The molecular formula is C21H15Cl2FN4O3. The number of aliphatic hydroxyl groups is 1. The first-order valence-electron chi connectivity index (χ1n) is 9.33. The summed E-state index contributed by atoms with van der Waals surface area (Å²) in [5.74, 6) is -0.981. The van der Waals surface area contributed by atoms with E-state index in [1.807, 2.05) is 6.07 Å². The molecule has 1 aliphatic rings. The van der Waals surface area contributed by atoms with Crippen molar-refractivity contribution in [3.63, 3.8) is 0 Å². The molecule has 1 fully saturated rings. The van der Waals surface area contributed by atoms with Crippen LogP contribution in [-0.4, -0.2) is 25.3 Å². The number of hydrogen-bond donors (Lipinski definition) is 1. The van der Waals surface area contributed by atoms with E-state index in [-0.39, 0.29) is 33.8 Å². The highest BCUT2D eigenvalue weighted by Crippen LogP contribution is 2.40. The Kier molecular flexibility index (Phi) is 5.67. The second kappa shape index (κ2) is 8.27. The maximum atomic E-state index is 13.8. The van der Waals surface area contributed by atoms with Gasteiger partial charge in [0, 0.05) is 17.8 Å². The molecule has 0 radical (unpaired) electrons. The van der Waals surface area contributed by atoms with Crippen molar-refractivity contribution in [1.29, 1.82) is 5.26 Å². The molecule has 2 aromatic heterocycles. The highest BCUT2D eigenvalue weighted by Gasteiger charge is 2.35. The van der Waals surface area contributed by atoms with Crippen molar-refractivity contribution >= 4 is 23.2 Å². The molecule has 31 heavy (non-hydrogen) atoms.